The average molecular weight is 299 g/mol. The van der Waals surface area contributed by atoms with E-state index in [0.29, 0.717) is 11.4 Å². The van der Waals surface area contributed by atoms with Crippen molar-refractivity contribution in [3.63, 3.8) is 0 Å². The number of hydrogen-bond acceptors (Lipinski definition) is 3. The molecule has 1 atom stereocenters. The van der Waals surface area contributed by atoms with Crippen LogP contribution in [0.4, 0.5) is 0 Å². The summed E-state index contributed by atoms with van der Waals surface area (Å²) in [5.41, 5.74) is 0.722. The molecule has 4 nitrogen and oxygen atoms in total. The molecule has 0 saturated heterocycles. The van der Waals surface area contributed by atoms with Crippen molar-refractivity contribution in [2.24, 2.45) is 0 Å². The van der Waals surface area contributed by atoms with Gasteiger partial charge in [0.15, 0.2) is 0 Å². The zero-order valence-electron chi connectivity index (χ0n) is 13.3. The van der Waals surface area contributed by atoms with Crippen molar-refractivity contribution < 1.29 is 0 Å². The minimum absolute atomic E-state index is 0.0492. The van der Waals surface area contributed by atoms with E-state index in [0.717, 1.165) is 11.3 Å². The monoisotopic (exact) mass is 299 g/mol. The average Bonchev–Trinajstić information content (AvgIpc) is 2.49. The van der Waals surface area contributed by atoms with Crippen LogP contribution in [0.15, 0.2) is 29.1 Å². The Bertz CT molecular complexity index is 671. The zero-order valence-corrected chi connectivity index (χ0v) is 13.3. The van der Waals surface area contributed by atoms with Gasteiger partial charge < -0.3 is 10.3 Å². The molecule has 4 heteroatoms. The van der Waals surface area contributed by atoms with Crippen molar-refractivity contribution in [1.82, 2.24) is 15.3 Å². The van der Waals surface area contributed by atoms with Gasteiger partial charge in [-0.3, -0.25) is 4.79 Å². The SMILES string of the molecule is C[C@@H](NC1CCCCCCC1)c1nc2ccccc2c(=O)[nH]1. The van der Waals surface area contributed by atoms with Gasteiger partial charge in [-0.2, -0.15) is 0 Å². The van der Waals surface area contributed by atoms with E-state index in [9.17, 15) is 4.79 Å². The summed E-state index contributed by atoms with van der Waals surface area (Å²) in [6.45, 7) is 2.09. The van der Waals surface area contributed by atoms with Gasteiger partial charge in [0.1, 0.15) is 5.82 Å². The molecule has 0 amide bonds. The van der Waals surface area contributed by atoms with Crippen LogP contribution in [0.25, 0.3) is 10.9 Å². The molecule has 1 aliphatic rings. The predicted molar refractivity (Wildman–Crippen MR) is 90.0 cm³/mol. The van der Waals surface area contributed by atoms with Crippen LogP contribution in [0.5, 0.6) is 0 Å². The van der Waals surface area contributed by atoms with Gasteiger partial charge >= 0.3 is 0 Å². The molecule has 0 radical (unpaired) electrons. The normalized spacial score (nSPS) is 18.8. The van der Waals surface area contributed by atoms with Crippen LogP contribution in [0, 0.1) is 0 Å². The second-order valence-corrected chi connectivity index (χ2v) is 6.40. The molecule has 2 N–H and O–H groups in total. The van der Waals surface area contributed by atoms with Gasteiger partial charge in [0, 0.05) is 6.04 Å². The van der Waals surface area contributed by atoms with Crippen LogP contribution < -0.4 is 10.9 Å². The van der Waals surface area contributed by atoms with Crippen molar-refractivity contribution in [2.45, 2.75) is 64.0 Å². The molecule has 0 spiro atoms. The predicted octanol–water partition coefficient (Wildman–Crippen LogP) is 3.69. The number of rotatable bonds is 3. The van der Waals surface area contributed by atoms with Gasteiger partial charge in [-0.15, -0.1) is 0 Å². The van der Waals surface area contributed by atoms with E-state index in [4.69, 9.17) is 0 Å². The molecule has 1 heterocycles. The lowest BCUT2D eigenvalue weighted by Gasteiger charge is -2.24. The Kier molecular flexibility index (Phi) is 4.88. The maximum absolute atomic E-state index is 12.2. The van der Waals surface area contributed by atoms with Gasteiger partial charge in [-0.05, 0) is 31.9 Å². The molecule has 1 aromatic carbocycles. The first-order valence-electron chi connectivity index (χ1n) is 8.49. The minimum Gasteiger partial charge on any atom is -0.309 e. The molecule has 1 aliphatic carbocycles. The van der Waals surface area contributed by atoms with Gasteiger partial charge in [0.05, 0.1) is 16.9 Å². The number of benzene rings is 1. The summed E-state index contributed by atoms with van der Waals surface area (Å²) in [4.78, 5) is 19.7. The highest BCUT2D eigenvalue weighted by Crippen LogP contribution is 2.20. The fourth-order valence-corrected chi connectivity index (χ4v) is 3.36. The standard InChI is InChI=1S/C18H25N3O/c1-13(19-14-9-5-3-2-4-6-10-14)17-20-16-12-8-7-11-15(16)18(22)21-17/h7-8,11-14,19H,2-6,9-10H2,1H3,(H,20,21,22)/t13-/m1/s1. The topological polar surface area (TPSA) is 57.8 Å². The fourth-order valence-electron chi connectivity index (χ4n) is 3.36. The maximum Gasteiger partial charge on any atom is 0.258 e. The third kappa shape index (κ3) is 3.55. The second kappa shape index (κ2) is 7.05. The van der Waals surface area contributed by atoms with Gasteiger partial charge in [0.2, 0.25) is 0 Å². The molecular formula is C18H25N3O. The number of aromatic nitrogens is 2. The molecule has 0 bridgehead atoms. The highest BCUT2D eigenvalue weighted by molar-refractivity contribution is 5.77. The lowest BCUT2D eigenvalue weighted by atomic mass is 9.96. The van der Waals surface area contributed by atoms with Crippen molar-refractivity contribution >= 4 is 10.9 Å². The molecule has 0 unspecified atom stereocenters. The number of nitrogens with one attached hydrogen (secondary N) is 2. The van der Waals surface area contributed by atoms with Crippen molar-refractivity contribution in [3.05, 3.63) is 40.4 Å². The van der Waals surface area contributed by atoms with Gasteiger partial charge in [0.25, 0.3) is 5.56 Å². The molecule has 1 aromatic heterocycles. The first-order chi connectivity index (χ1) is 10.7. The van der Waals surface area contributed by atoms with Crippen LogP contribution in [0.3, 0.4) is 0 Å². The largest absolute Gasteiger partial charge is 0.309 e. The number of H-pyrrole nitrogens is 1. The van der Waals surface area contributed by atoms with E-state index in [1.54, 1.807) is 0 Å². The lowest BCUT2D eigenvalue weighted by molar-refractivity contribution is 0.357. The Morgan fingerprint density at radius 3 is 2.59 bits per heavy atom. The highest BCUT2D eigenvalue weighted by Gasteiger charge is 2.17. The van der Waals surface area contributed by atoms with Crippen molar-refractivity contribution in [1.29, 1.82) is 0 Å². The zero-order chi connectivity index (χ0) is 15.4. The van der Waals surface area contributed by atoms with Crippen LogP contribution in [-0.2, 0) is 0 Å². The Balaban J connectivity index is 1.76. The third-order valence-corrected chi connectivity index (χ3v) is 4.63. The molecule has 3 rings (SSSR count). The quantitative estimate of drug-likeness (QED) is 0.909. The number of para-hydroxylation sites is 1. The van der Waals surface area contributed by atoms with E-state index in [-0.39, 0.29) is 11.6 Å². The van der Waals surface area contributed by atoms with Crippen molar-refractivity contribution in [2.75, 3.05) is 0 Å². The van der Waals surface area contributed by atoms with Crippen LogP contribution >= 0.6 is 0 Å². The number of hydrogen-bond donors (Lipinski definition) is 2. The third-order valence-electron chi connectivity index (χ3n) is 4.63. The molecule has 1 fully saturated rings. The van der Waals surface area contributed by atoms with Crippen molar-refractivity contribution in [3.8, 4) is 0 Å². The number of aromatic amines is 1. The second-order valence-electron chi connectivity index (χ2n) is 6.40. The van der Waals surface area contributed by atoms with E-state index < -0.39 is 0 Å². The number of fused-ring (bicyclic) bond motifs is 1. The minimum atomic E-state index is -0.0492. The first-order valence-corrected chi connectivity index (χ1v) is 8.49. The van der Waals surface area contributed by atoms with Gasteiger partial charge in [-0.1, -0.05) is 44.2 Å². The summed E-state index contributed by atoms with van der Waals surface area (Å²) in [7, 11) is 0. The Hall–Kier alpha value is -1.68. The first kappa shape index (κ1) is 15.2. The highest BCUT2D eigenvalue weighted by atomic mass is 16.1. The van der Waals surface area contributed by atoms with E-state index in [2.05, 4.69) is 22.2 Å². The summed E-state index contributed by atoms with van der Waals surface area (Å²) in [5, 5.41) is 4.32. The molecular weight excluding hydrogens is 274 g/mol. The Morgan fingerprint density at radius 1 is 1.14 bits per heavy atom. The molecule has 22 heavy (non-hydrogen) atoms. The van der Waals surface area contributed by atoms with Crippen LogP contribution in [0.1, 0.15) is 63.7 Å². The van der Waals surface area contributed by atoms with Gasteiger partial charge in [-0.25, -0.2) is 4.98 Å². The smallest absolute Gasteiger partial charge is 0.258 e. The summed E-state index contributed by atoms with van der Waals surface area (Å²) in [5.74, 6) is 0.741. The van der Waals surface area contributed by atoms with Crippen LogP contribution in [-0.4, -0.2) is 16.0 Å². The maximum atomic E-state index is 12.2. The lowest BCUT2D eigenvalue weighted by Crippen LogP contribution is -2.33. The summed E-state index contributed by atoms with van der Waals surface area (Å²) >= 11 is 0. The van der Waals surface area contributed by atoms with E-state index >= 15 is 0 Å². The van der Waals surface area contributed by atoms with E-state index in [1.807, 2.05) is 24.3 Å². The Morgan fingerprint density at radius 2 is 1.82 bits per heavy atom. The molecule has 1 saturated carbocycles. The van der Waals surface area contributed by atoms with E-state index in [1.165, 1.54) is 44.9 Å². The van der Waals surface area contributed by atoms with Crippen LogP contribution in [0.2, 0.25) is 0 Å². The summed E-state index contributed by atoms with van der Waals surface area (Å²) in [6.07, 6.45) is 9.11. The number of nitrogens with zero attached hydrogens (tertiary/aromatic N) is 1. The Labute approximate surface area is 131 Å². The fraction of sp³-hybridized carbons (Fsp3) is 0.556. The molecule has 118 valence electrons. The molecule has 2 aromatic rings. The summed E-state index contributed by atoms with van der Waals surface area (Å²) < 4.78 is 0. The molecule has 0 aliphatic heterocycles. The summed E-state index contributed by atoms with van der Waals surface area (Å²) in [6, 6.07) is 8.11.